The zero-order chi connectivity index (χ0) is 13.1. The second-order valence-electron chi connectivity index (χ2n) is 6.29. The van der Waals surface area contributed by atoms with Crippen LogP contribution in [0.3, 0.4) is 0 Å². The van der Waals surface area contributed by atoms with Gasteiger partial charge in [0.05, 0.1) is 0 Å². The second kappa shape index (κ2) is 9.81. The van der Waals surface area contributed by atoms with Gasteiger partial charge in [-0.05, 0) is 19.3 Å². The first kappa shape index (κ1) is 16.0. The Morgan fingerprint density at radius 3 is 1.78 bits per heavy atom. The smallest absolute Gasteiger partial charge is 0.111 e. The van der Waals surface area contributed by atoms with E-state index >= 15 is 0 Å². The van der Waals surface area contributed by atoms with E-state index in [4.69, 9.17) is 0 Å². The highest BCUT2D eigenvalue weighted by Crippen LogP contribution is 2.36. The van der Waals surface area contributed by atoms with E-state index in [0.717, 1.165) is 38.5 Å². The fourth-order valence-electron chi connectivity index (χ4n) is 3.19. The third kappa shape index (κ3) is 7.38. The molecule has 108 valence electrons. The molecule has 0 heterocycles. The van der Waals surface area contributed by atoms with Crippen molar-refractivity contribution in [3.05, 3.63) is 0 Å². The van der Waals surface area contributed by atoms with Gasteiger partial charge < -0.3 is 0 Å². The monoisotopic (exact) mass is 256 g/mol. The van der Waals surface area contributed by atoms with Crippen LogP contribution in [0.15, 0.2) is 0 Å². The van der Waals surface area contributed by atoms with Crippen LogP contribution in [0.1, 0.15) is 103 Å². The van der Waals surface area contributed by atoms with E-state index in [1.807, 2.05) is 0 Å². The summed E-state index contributed by atoms with van der Waals surface area (Å²) in [5.74, 6) is 0. The minimum Gasteiger partial charge on any atom is -0.244 e. The molecule has 18 heavy (non-hydrogen) atoms. The maximum absolute atomic E-state index is 14.3. The normalized spacial score (nSPS) is 19.0. The average Bonchev–Trinajstić information content (AvgIpc) is 2.38. The lowest BCUT2D eigenvalue weighted by Crippen LogP contribution is -2.25. The largest absolute Gasteiger partial charge is 0.244 e. The first-order valence-electron chi connectivity index (χ1n) is 8.46. The van der Waals surface area contributed by atoms with Crippen molar-refractivity contribution in [3.8, 4) is 0 Å². The summed E-state index contributed by atoms with van der Waals surface area (Å²) in [4.78, 5) is 0. The van der Waals surface area contributed by atoms with Gasteiger partial charge in [-0.3, -0.25) is 0 Å². The lowest BCUT2D eigenvalue weighted by atomic mass is 9.83. The highest BCUT2D eigenvalue weighted by Gasteiger charge is 2.30. The van der Waals surface area contributed by atoms with Gasteiger partial charge in [0.2, 0.25) is 0 Å². The Bertz CT molecular complexity index is 182. The van der Waals surface area contributed by atoms with Crippen molar-refractivity contribution in [1.82, 2.24) is 0 Å². The van der Waals surface area contributed by atoms with Crippen molar-refractivity contribution >= 4 is 0 Å². The van der Waals surface area contributed by atoms with Crippen molar-refractivity contribution in [2.24, 2.45) is 0 Å². The molecule has 1 heteroatoms. The zero-order valence-electron chi connectivity index (χ0n) is 12.5. The number of halogens is 1. The van der Waals surface area contributed by atoms with E-state index in [0.29, 0.717) is 0 Å². The molecule has 1 saturated carbocycles. The standard InChI is InChI=1S/C17H33F/c1-2-3-4-5-6-7-8-9-11-14-17(18)15-12-10-13-16-17/h2-16H2,1H3. The lowest BCUT2D eigenvalue weighted by Gasteiger charge is -2.29. The quantitative estimate of drug-likeness (QED) is 0.387. The zero-order valence-corrected chi connectivity index (χ0v) is 12.5. The number of hydrogen-bond acceptors (Lipinski definition) is 0. The first-order valence-corrected chi connectivity index (χ1v) is 8.46. The van der Waals surface area contributed by atoms with Gasteiger partial charge in [0, 0.05) is 0 Å². The molecule has 0 nitrogen and oxygen atoms in total. The topological polar surface area (TPSA) is 0 Å². The van der Waals surface area contributed by atoms with Crippen LogP contribution in [0, 0.1) is 0 Å². The highest BCUT2D eigenvalue weighted by atomic mass is 19.1. The summed E-state index contributed by atoms with van der Waals surface area (Å²) in [7, 11) is 0. The predicted molar refractivity (Wildman–Crippen MR) is 78.8 cm³/mol. The molecule has 1 rings (SSSR count). The molecule has 0 atom stereocenters. The maximum Gasteiger partial charge on any atom is 0.111 e. The van der Waals surface area contributed by atoms with E-state index < -0.39 is 5.67 Å². The van der Waals surface area contributed by atoms with E-state index in [9.17, 15) is 4.39 Å². The fourth-order valence-corrected chi connectivity index (χ4v) is 3.19. The molecule has 1 aliphatic rings. The predicted octanol–water partition coefficient (Wildman–Crippen LogP) is 6.58. The van der Waals surface area contributed by atoms with E-state index in [2.05, 4.69) is 6.92 Å². The first-order chi connectivity index (χ1) is 8.77. The average molecular weight is 256 g/mol. The molecule has 1 fully saturated rings. The van der Waals surface area contributed by atoms with Gasteiger partial charge in [-0.2, -0.15) is 0 Å². The Kier molecular flexibility index (Phi) is 8.71. The molecule has 0 aromatic heterocycles. The van der Waals surface area contributed by atoms with Gasteiger partial charge in [0.15, 0.2) is 0 Å². The molecule has 0 aromatic rings. The van der Waals surface area contributed by atoms with E-state index in [-0.39, 0.29) is 0 Å². The third-order valence-electron chi connectivity index (χ3n) is 4.48. The summed E-state index contributed by atoms with van der Waals surface area (Å²) in [5, 5.41) is 0. The van der Waals surface area contributed by atoms with Crippen LogP contribution in [-0.4, -0.2) is 5.67 Å². The van der Waals surface area contributed by atoms with Crippen molar-refractivity contribution in [2.75, 3.05) is 0 Å². The van der Waals surface area contributed by atoms with E-state index in [1.165, 1.54) is 57.8 Å². The Balaban J connectivity index is 1.86. The Morgan fingerprint density at radius 2 is 1.22 bits per heavy atom. The van der Waals surface area contributed by atoms with Crippen molar-refractivity contribution < 1.29 is 4.39 Å². The molecule has 0 spiro atoms. The van der Waals surface area contributed by atoms with Gasteiger partial charge >= 0.3 is 0 Å². The van der Waals surface area contributed by atoms with Crippen molar-refractivity contribution in [1.29, 1.82) is 0 Å². The molecular formula is C17H33F. The van der Waals surface area contributed by atoms with Crippen molar-refractivity contribution in [2.45, 2.75) is 109 Å². The second-order valence-corrected chi connectivity index (χ2v) is 6.29. The molecule has 0 bridgehead atoms. The number of alkyl halides is 1. The minimum atomic E-state index is -0.778. The van der Waals surface area contributed by atoms with Crippen LogP contribution in [0.2, 0.25) is 0 Å². The summed E-state index contributed by atoms with van der Waals surface area (Å²) in [6.07, 6.45) is 18.0. The maximum atomic E-state index is 14.3. The lowest BCUT2D eigenvalue weighted by molar-refractivity contribution is 0.0928. The number of unbranched alkanes of at least 4 members (excludes halogenated alkanes) is 8. The summed E-state index contributed by atoms with van der Waals surface area (Å²) < 4.78 is 14.3. The summed E-state index contributed by atoms with van der Waals surface area (Å²) in [6, 6.07) is 0. The van der Waals surface area contributed by atoms with Crippen LogP contribution in [0.25, 0.3) is 0 Å². The fraction of sp³-hybridized carbons (Fsp3) is 1.00. The van der Waals surface area contributed by atoms with E-state index in [1.54, 1.807) is 0 Å². The van der Waals surface area contributed by atoms with Gasteiger partial charge in [0.25, 0.3) is 0 Å². The van der Waals surface area contributed by atoms with Crippen LogP contribution in [0.4, 0.5) is 4.39 Å². The molecule has 0 saturated heterocycles. The molecule has 0 N–H and O–H groups in total. The number of rotatable bonds is 10. The number of hydrogen-bond donors (Lipinski definition) is 0. The van der Waals surface area contributed by atoms with Gasteiger partial charge in [-0.25, -0.2) is 4.39 Å². The summed E-state index contributed by atoms with van der Waals surface area (Å²) in [6.45, 7) is 2.26. The van der Waals surface area contributed by atoms with Crippen LogP contribution in [0.5, 0.6) is 0 Å². The van der Waals surface area contributed by atoms with Gasteiger partial charge in [-0.1, -0.05) is 84.0 Å². The van der Waals surface area contributed by atoms with Crippen LogP contribution in [-0.2, 0) is 0 Å². The molecule has 0 aliphatic heterocycles. The molecule has 0 unspecified atom stereocenters. The van der Waals surface area contributed by atoms with Crippen LogP contribution >= 0.6 is 0 Å². The Labute approximate surface area is 114 Å². The van der Waals surface area contributed by atoms with Crippen LogP contribution < -0.4 is 0 Å². The molecule has 1 aliphatic carbocycles. The van der Waals surface area contributed by atoms with Gasteiger partial charge in [0.1, 0.15) is 5.67 Å². The summed E-state index contributed by atoms with van der Waals surface area (Å²) in [5.41, 5.74) is -0.778. The minimum absolute atomic E-state index is 0.778. The Morgan fingerprint density at radius 1 is 0.722 bits per heavy atom. The molecular weight excluding hydrogens is 223 g/mol. The summed E-state index contributed by atoms with van der Waals surface area (Å²) >= 11 is 0. The van der Waals surface area contributed by atoms with Gasteiger partial charge in [-0.15, -0.1) is 0 Å². The SMILES string of the molecule is CCCCCCCCCCCC1(F)CCCCC1. The highest BCUT2D eigenvalue weighted by molar-refractivity contribution is 4.82. The molecule has 0 radical (unpaired) electrons. The Hall–Kier alpha value is -0.0700. The van der Waals surface area contributed by atoms with Crippen molar-refractivity contribution in [3.63, 3.8) is 0 Å². The molecule has 0 amide bonds. The third-order valence-corrected chi connectivity index (χ3v) is 4.48. The molecule has 0 aromatic carbocycles.